The zero-order valence-electron chi connectivity index (χ0n) is 19.2. The van der Waals surface area contributed by atoms with Crippen LogP contribution in [0.5, 0.6) is 0 Å². The highest BCUT2D eigenvalue weighted by molar-refractivity contribution is 9.10. The molecule has 0 spiro atoms. The minimum atomic E-state index is -0.223. The Hall–Kier alpha value is -1.89. The summed E-state index contributed by atoms with van der Waals surface area (Å²) in [4.78, 5) is 19.5. The first kappa shape index (κ1) is 24.2. The zero-order chi connectivity index (χ0) is 23.4. The molecule has 1 aromatic heterocycles. The van der Waals surface area contributed by atoms with Crippen molar-refractivity contribution in [1.82, 2.24) is 9.88 Å². The SMILES string of the molecule is CCOC(=O)N1CC/C(=C2\c3ccc(Cl)cc3CCc3cc(Br)cnc32)C[C@@H]1CCCOC. The van der Waals surface area contributed by atoms with Gasteiger partial charge in [0.05, 0.1) is 12.3 Å². The fourth-order valence-corrected chi connectivity index (χ4v) is 5.57. The monoisotopic (exact) mass is 532 g/mol. The van der Waals surface area contributed by atoms with E-state index in [0.717, 1.165) is 53.7 Å². The van der Waals surface area contributed by atoms with E-state index in [1.165, 1.54) is 27.8 Å². The molecule has 33 heavy (non-hydrogen) atoms. The molecule has 1 atom stereocenters. The quantitative estimate of drug-likeness (QED) is 0.415. The van der Waals surface area contributed by atoms with Crippen molar-refractivity contribution in [2.24, 2.45) is 0 Å². The highest BCUT2D eigenvalue weighted by Crippen LogP contribution is 2.40. The Bertz CT molecular complexity index is 1000. The van der Waals surface area contributed by atoms with Gasteiger partial charge in [0.1, 0.15) is 0 Å². The second-order valence-electron chi connectivity index (χ2n) is 8.58. The van der Waals surface area contributed by atoms with Gasteiger partial charge in [0.15, 0.2) is 0 Å². The van der Waals surface area contributed by atoms with Gasteiger partial charge in [-0.15, -0.1) is 0 Å². The number of nitrogens with zero attached hydrogens (tertiary/aromatic N) is 2. The van der Waals surface area contributed by atoms with E-state index in [4.69, 9.17) is 26.1 Å². The van der Waals surface area contributed by atoms with Gasteiger partial charge >= 0.3 is 6.09 Å². The molecule has 7 heteroatoms. The first-order valence-electron chi connectivity index (χ1n) is 11.6. The van der Waals surface area contributed by atoms with Crippen molar-refractivity contribution in [3.05, 3.63) is 67.9 Å². The van der Waals surface area contributed by atoms with Gasteiger partial charge in [-0.1, -0.05) is 23.2 Å². The molecule has 0 saturated carbocycles. The first-order valence-corrected chi connectivity index (χ1v) is 12.8. The fraction of sp³-hybridized carbons (Fsp3) is 0.462. The summed E-state index contributed by atoms with van der Waals surface area (Å²) >= 11 is 9.96. The van der Waals surface area contributed by atoms with Crippen LogP contribution in [-0.4, -0.2) is 48.9 Å². The van der Waals surface area contributed by atoms with E-state index in [-0.39, 0.29) is 12.1 Å². The lowest BCUT2D eigenvalue weighted by Crippen LogP contribution is -2.45. The summed E-state index contributed by atoms with van der Waals surface area (Å²) in [7, 11) is 1.71. The molecule has 1 aliphatic carbocycles. The molecule has 0 bridgehead atoms. The van der Waals surface area contributed by atoms with Gasteiger partial charge in [-0.05, 0) is 96.3 Å². The maximum absolute atomic E-state index is 12.7. The van der Waals surface area contributed by atoms with Crippen molar-refractivity contribution >= 4 is 39.2 Å². The van der Waals surface area contributed by atoms with E-state index in [1.807, 2.05) is 24.1 Å². The molecule has 176 valence electrons. The van der Waals surface area contributed by atoms with Gasteiger partial charge in [0, 0.05) is 47.6 Å². The summed E-state index contributed by atoms with van der Waals surface area (Å²) in [5.41, 5.74) is 7.31. The first-order chi connectivity index (χ1) is 16.0. The van der Waals surface area contributed by atoms with E-state index >= 15 is 0 Å². The van der Waals surface area contributed by atoms with Crippen LogP contribution in [0.25, 0.3) is 5.57 Å². The molecule has 0 unspecified atom stereocenters. The molecular formula is C26H30BrClN2O3. The number of aryl methyl sites for hydroxylation is 2. The standard InChI is InChI=1S/C26H30BrClN2O3/c1-3-33-26(31)30-11-10-18(15-22(30)5-4-12-32-2)24-23-9-8-21(28)14-17(23)6-7-19-13-20(27)16-29-25(19)24/h8-9,13-14,16,22H,3-7,10-12,15H2,1-2H3/b24-18-/t22-/m0/s1. The Morgan fingerprint density at radius 1 is 1.24 bits per heavy atom. The second-order valence-corrected chi connectivity index (χ2v) is 9.93. The van der Waals surface area contributed by atoms with Crippen LogP contribution in [0.2, 0.25) is 5.02 Å². The normalized spacial score (nSPS) is 20.1. The van der Waals surface area contributed by atoms with E-state index < -0.39 is 0 Å². The summed E-state index contributed by atoms with van der Waals surface area (Å²) in [6.45, 7) is 3.56. The predicted molar refractivity (Wildman–Crippen MR) is 135 cm³/mol. The molecule has 0 radical (unpaired) electrons. The Kier molecular flexibility index (Phi) is 8.10. The van der Waals surface area contributed by atoms with Crippen LogP contribution >= 0.6 is 27.5 Å². The number of methoxy groups -OCH3 is 1. The highest BCUT2D eigenvalue weighted by Gasteiger charge is 2.33. The maximum Gasteiger partial charge on any atom is 0.410 e. The Morgan fingerprint density at radius 2 is 2.06 bits per heavy atom. The van der Waals surface area contributed by atoms with Gasteiger partial charge in [0.2, 0.25) is 0 Å². The smallest absolute Gasteiger partial charge is 0.410 e. The van der Waals surface area contributed by atoms with Crippen LogP contribution in [0.15, 0.2) is 40.5 Å². The van der Waals surface area contributed by atoms with Gasteiger partial charge < -0.3 is 14.4 Å². The summed E-state index contributed by atoms with van der Waals surface area (Å²) in [5, 5.41) is 0.757. The molecule has 4 rings (SSSR count). The fourth-order valence-electron chi connectivity index (χ4n) is 4.99. The number of rotatable bonds is 5. The average Bonchev–Trinajstić information content (AvgIpc) is 2.95. The number of pyridine rings is 1. The number of hydrogen-bond acceptors (Lipinski definition) is 4. The number of carbonyl (C=O) groups excluding carboxylic acids is 1. The second kappa shape index (κ2) is 11.0. The summed E-state index contributed by atoms with van der Waals surface area (Å²) in [5.74, 6) is 0. The topological polar surface area (TPSA) is 51.7 Å². The van der Waals surface area contributed by atoms with Crippen molar-refractivity contribution < 1.29 is 14.3 Å². The lowest BCUT2D eigenvalue weighted by molar-refractivity contribution is 0.0788. The molecular weight excluding hydrogens is 504 g/mol. The number of piperidine rings is 1. The van der Waals surface area contributed by atoms with Crippen LogP contribution in [0.4, 0.5) is 4.79 Å². The van der Waals surface area contributed by atoms with Crippen molar-refractivity contribution in [3.8, 4) is 0 Å². The molecule has 2 heterocycles. The Labute approximate surface area is 209 Å². The largest absolute Gasteiger partial charge is 0.450 e. The van der Waals surface area contributed by atoms with Crippen molar-refractivity contribution in [1.29, 1.82) is 0 Å². The average molecular weight is 534 g/mol. The number of hydrogen-bond donors (Lipinski definition) is 0. The molecule has 2 aromatic rings. The van der Waals surface area contributed by atoms with Crippen LogP contribution in [-0.2, 0) is 22.3 Å². The molecule has 5 nitrogen and oxygen atoms in total. The van der Waals surface area contributed by atoms with Crippen molar-refractivity contribution in [2.75, 3.05) is 26.9 Å². The summed E-state index contributed by atoms with van der Waals surface area (Å²) in [6.07, 6.45) is 6.86. The maximum atomic E-state index is 12.7. The highest BCUT2D eigenvalue weighted by atomic mass is 79.9. The predicted octanol–water partition coefficient (Wildman–Crippen LogP) is 6.45. The van der Waals surface area contributed by atoms with Gasteiger partial charge in [-0.3, -0.25) is 4.98 Å². The minimum absolute atomic E-state index is 0.0772. The van der Waals surface area contributed by atoms with Crippen LogP contribution < -0.4 is 0 Å². The molecule has 2 aliphatic rings. The number of fused-ring (bicyclic) bond motifs is 2. The number of ether oxygens (including phenoxy) is 2. The molecule has 0 N–H and O–H groups in total. The van der Waals surface area contributed by atoms with Crippen LogP contribution in [0.1, 0.15) is 55.0 Å². The third-order valence-corrected chi connectivity index (χ3v) is 7.16. The van der Waals surface area contributed by atoms with Crippen LogP contribution in [0.3, 0.4) is 0 Å². The molecule has 1 aromatic carbocycles. The van der Waals surface area contributed by atoms with E-state index in [9.17, 15) is 4.79 Å². The van der Waals surface area contributed by atoms with Gasteiger partial charge in [-0.2, -0.15) is 0 Å². The lowest BCUT2D eigenvalue weighted by atomic mass is 9.85. The minimum Gasteiger partial charge on any atom is -0.450 e. The lowest BCUT2D eigenvalue weighted by Gasteiger charge is -2.37. The van der Waals surface area contributed by atoms with E-state index in [0.29, 0.717) is 19.8 Å². The van der Waals surface area contributed by atoms with Crippen molar-refractivity contribution in [3.63, 3.8) is 0 Å². The third-order valence-electron chi connectivity index (χ3n) is 6.49. The Balaban J connectivity index is 1.79. The Morgan fingerprint density at radius 3 is 2.85 bits per heavy atom. The van der Waals surface area contributed by atoms with Crippen LogP contribution in [0, 0.1) is 0 Å². The zero-order valence-corrected chi connectivity index (χ0v) is 21.5. The van der Waals surface area contributed by atoms with E-state index in [2.05, 4.69) is 34.1 Å². The third kappa shape index (κ3) is 5.44. The summed E-state index contributed by atoms with van der Waals surface area (Å²) in [6, 6.07) is 8.45. The number of aromatic nitrogens is 1. The number of halogens is 2. The summed E-state index contributed by atoms with van der Waals surface area (Å²) < 4.78 is 11.6. The van der Waals surface area contributed by atoms with Crippen molar-refractivity contribution in [2.45, 2.75) is 51.5 Å². The van der Waals surface area contributed by atoms with Gasteiger partial charge in [-0.25, -0.2) is 4.79 Å². The molecule has 1 fully saturated rings. The molecule has 1 saturated heterocycles. The number of benzene rings is 1. The number of carbonyl (C=O) groups is 1. The number of likely N-dealkylation sites (tertiary alicyclic amines) is 1. The molecule has 1 aliphatic heterocycles. The number of amides is 1. The molecule has 1 amide bonds. The van der Waals surface area contributed by atoms with E-state index in [1.54, 1.807) is 7.11 Å². The van der Waals surface area contributed by atoms with Gasteiger partial charge in [0.25, 0.3) is 0 Å².